The smallest absolute Gasteiger partial charge is 0.330 e. The molecule has 0 spiro atoms. The number of hydrogen-bond donors (Lipinski definition) is 4. The third-order valence-electron chi connectivity index (χ3n) is 4.42. The largest absolute Gasteiger partial charge is 0.378 e. The zero-order chi connectivity index (χ0) is 19.8. The molecule has 0 aromatic carbocycles. The Morgan fingerprint density at radius 2 is 2.15 bits per heavy atom. The van der Waals surface area contributed by atoms with Gasteiger partial charge in [-0.3, -0.25) is 19.1 Å². The molecule has 0 aliphatic carbocycles. The van der Waals surface area contributed by atoms with Crippen molar-refractivity contribution in [2.24, 2.45) is 5.92 Å². The minimum absolute atomic E-state index is 0.208. The number of rotatable bonds is 9. The van der Waals surface area contributed by atoms with Crippen LogP contribution in [0.15, 0.2) is 9.59 Å². The maximum Gasteiger partial charge on any atom is 0.330 e. The molecule has 1 aliphatic rings. The lowest BCUT2D eigenvalue weighted by Crippen LogP contribution is -2.46. The van der Waals surface area contributed by atoms with Gasteiger partial charge in [-0.25, -0.2) is 4.79 Å². The Kier molecular flexibility index (Phi) is 8.05. The summed E-state index contributed by atoms with van der Waals surface area (Å²) in [6, 6.07) is 0. The standard InChI is InChI=1S/C18H31N5O4/c1-4-5-9-23-15(21-16(24)13-11-19-8-10-27-13)14(17(25)22-18(23)26)20-7-6-12(2)3/h12-13,19-20H,4-11H2,1-3H3,(H,21,24)(H,22,25,26). The molecule has 27 heavy (non-hydrogen) atoms. The summed E-state index contributed by atoms with van der Waals surface area (Å²) in [5.74, 6) is 0.298. The molecule has 9 heteroatoms. The van der Waals surface area contributed by atoms with Gasteiger partial charge in [0.05, 0.1) is 6.61 Å². The number of aromatic nitrogens is 2. The first-order valence-electron chi connectivity index (χ1n) is 9.68. The van der Waals surface area contributed by atoms with E-state index in [2.05, 4.69) is 34.8 Å². The van der Waals surface area contributed by atoms with Gasteiger partial charge in [0, 0.05) is 26.2 Å². The number of carbonyl (C=O) groups excluding carboxylic acids is 1. The first kappa shape index (κ1) is 21.2. The predicted molar refractivity (Wildman–Crippen MR) is 105 cm³/mol. The van der Waals surface area contributed by atoms with Gasteiger partial charge in [-0.15, -0.1) is 0 Å². The van der Waals surface area contributed by atoms with E-state index in [1.54, 1.807) is 0 Å². The number of anilines is 2. The Hall–Kier alpha value is -2.13. The van der Waals surface area contributed by atoms with E-state index >= 15 is 0 Å². The van der Waals surface area contributed by atoms with E-state index in [1.165, 1.54) is 4.57 Å². The first-order valence-corrected chi connectivity index (χ1v) is 9.68. The highest BCUT2D eigenvalue weighted by molar-refractivity contribution is 5.96. The molecule has 1 fully saturated rings. The highest BCUT2D eigenvalue weighted by Crippen LogP contribution is 2.17. The van der Waals surface area contributed by atoms with Crippen molar-refractivity contribution in [1.82, 2.24) is 14.9 Å². The van der Waals surface area contributed by atoms with Crippen LogP contribution in [0.2, 0.25) is 0 Å². The van der Waals surface area contributed by atoms with Crippen molar-refractivity contribution in [3.63, 3.8) is 0 Å². The maximum absolute atomic E-state index is 12.6. The number of H-pyrrole nitrogens is 1. The van der Waals surface area contributed by atoms with Crippen LogP contribution in [-0.4, -0.2) is 47.8 Å². The number of nitrogens with one attached hydrogen (secondary N) is 4. The Morgan fingerprint density at radius 1 is 1.37 bits per heavy atom. The molecule has 1 saturated heterocycles. The van der Waals surface area contributed by atoms with Crippen molar-refractivity contribution >= 4 is 17.4 Å². The first-order chi connectivity index (χ1) is 12.9. The fourth-order valence-corrected chi connectivity index (χ4v) is 2.81. The molecular weight excluding hydrogens is 350 g/mol. The minimum atomic E-state index is -0.656. The van der Waals surface area contributed by atoms with Crippen LogP contribution in [0.1, 0.15) is 40.0 Å². The summed E-state index contributed by atoms with van der Waals surface area (Å²) in [6.07, 6.45) is 1.83. The number of aromatic amines is 1. The molecule has 2 rings (SSSR count). The second-order valence-electron chi connectivity index (χ2n) is 7.15. The Labute approximate surface area is 158 Å². The van der Waals surface area contributed by atoms with Crippen molar-refractivity contribution in [3.05, 3.63) is 20.8 Å². The van der Waals surface area contributed by atoms with E-state index in [9.17, 15) is 14.4 Å². The number of hydrogen-bond acceptors (Lipinski definition) is 6. The molecule has 1 aliphatic heterocycles. The normalized spacial score (nSPS) is 17.1. The van der Waals surface area contributed by atoms with E-state index in [1.807, 2.05) is 6.92 Å². The second-order valence-corrected chi connectivity index (χ2v) is 7.15. The van der Waals surface area contributed by atoms with Gasteiger partial charge in [-0.2, -0.15) is 0 Å². The van der Waals surface area contributed by atoms with Crippen molar-refractivity contribution in [3.8, 4) is 0 Å². The molecule has 1 amide bonds. The molecule has 2 heterocycles. The summed E-state index contributed by atoms with van der Waals surface area (Å²) in [5, 5.41) is 8.94. The highest BCUT2D eigenvalue weighted by atomic mass is 16.5. The number of amides is 1. The van der Waals surface area contributed by atoms with Crippen LogP contribution in [0.3, 0.4) is 0 Å². The van der Waals surface area contributed by atoms with Gasteiger partial charge in [0.25, 0.3) is 11.5 Å². The molecular formula is C18H31N5O4. The molecule has 1 aromatic heterocycles. The van der Waals surface area contributed by atoms with Gasteiger partial charge in [0.15, 0.2) is 0 Å². The Balaban J connectivity index is 2.33. The van der Waals surface area contributed by atoms with Gasteiger partial charge in [-0.05, 0) is 18.8 Å². The lowest BCUT2D eigenvalue weighted by atomic mass is 10.1. The van der Waals surface area contributed by atoms with E-state index < -0.39 is 17.4 Å². The van der Waals surface area contributed by atoms with Gasteiger partial charge in [0.2, 0.25) is 0 Å². The van der Waals surface area contributed by atoms with Crippen molar-refractivity contribution < 1.29 is 9.53 Å². The number of morpholine rings is 1. The molecule has 0 bridgehead atoms. The fraction of sp³-hybridized carbons (Fsp3) is 0.722. The SMILES string of the molecule is CCCCn1c(NC(=O)C2CNCCO2)c(NCCC(C)C)c(=O)[nH]c1=O. The summed E-state index contributed by atoms with van der Waals surface area (Å²) in [6.45, 7) is 8.69. The molecule has 0 radical (unpaired) electrons. The zero-order valence-electron chi connectivity index (χ0n) is 16.4. The Bertz CT molecular complexity index is 734. The number of unbranched alkanes of at least 4 members (excludes halogenated alkanes) is 1. The Morgan fingerprint density at radius 3 is 2.78 bits per heavy atom. The van der Waals surface area contributed by atoms with Crippen LogP contribution >= 0.6 is 0 Å². The zero-order valence-corrected chi connectivity index (χ0v) is 16.4. The average molecular weight is 381 g/mol. The average Bonchev–Trinajstić information content (AvgIpc) is 2.64. The van der Waals surface area contributed by atoms with Crippen LogP contribution in [0, 0.1) is 5.92 Å². The van der Waals surface area contributed by atoms with Crippen LogP contribution in [-0.2, 0) is 16.1 Å². The molecule has 4 N–H and O–H groups in total. The number of nitrogens with zero attached hydrogens (tertiary/aromatic N) is 1. The van der Waals surface area contributed by atoms with Crippen molar-refractivity contribution in [2.75, 3.05) is 36.9 Å². The summed E-state index contributed by atoms with van der Waals surface area (Å²) >= 11 is 0. The summed E-state index contributed by atoms with van der Waals surface area (Å²) < 4.78 is 6.89. The number of ether oxygens (including phenoxy) is 1. The van der Waals surface area contributed by atoms with Crippen molar-refractivity contribution in [2.45, 2.75) is 52.7 Å². The molecule has 0 saturated carbocycles. The lowest BCUT2D eigenvalue weighted by Gasteiger charge is -2.24. The van der Waals surface area contributed by atoms with Crippen LogP contribution in [0.4, 0.5) is 11.5 Å². The molecule has 9 nitrogen and oxygen atoms in total. The van der Waals surface area contributed by atoms with Gasteiger partial charge in [0.1, 0.15) is 17.6 Å². The fourth-order valence-electron chi connectivity index (χ4n) is 2.81. The van der Waals surface area contributed by atoms with Crippen molar-refractivity contribution in [1.29, 1.82) is 0 Å². The molecule has 1 unspecified atom stereocenters. The third-order valence-corrected chi connectivity index (χ3v) is 4.42. The summed E-state index contributed by atoms with van der Waals surface area (Å²) in [5.41, 5.74) is -0.848. The predicted octanol–water partition coefficient (Wildman–Crippen LogP) is 0.722. The monoisotopic (exact) mass is 381 g/mol. The van der Waals surface area contributed by atoms with E-state index in [0.717, 1.165) is 19.3 Å². The van der Waals surface area contributed by atoms with Crippen LogP contribution < -0.4 is 27.2 Å². The third kappa shape index (κ3) is 5.93. The van der Waals surface area contributed by atoms with E-state index in [0.29, 0.717) is 38.7 Å². The maximum atomic E-state index is 12.6. The number of carbonyl (C=O) groups is 1. The van der Waals surface area contributed by atoms with Gasteiger partial charge in [-0.1, -0.05) is 27.2 Å². The summed E-state index contributed by atoms with van der Waals surface area (Å²) in [4.78, 5) is 39.7. The second kappa shape index (κ2) is 10.3. The van der Waals surface area contributed by atoms with Gasteiger partial charge >= 0.3 is 5.69 Å². The van der Waals surface area contributed by atoms with Crippen LogP contribution in [0.5, 0.6) is 0 Å². The lowest BCUT2D eigenvalue weighted by molar-refractivity contribution is -0.128. The molecule has 1 aromatic rings. The topological polar surface area (TPSA) is 117 Å². The minimum Gasteiger partial charge on any atom is -0.378 e. The van der Waals surface area contributed by atoms with Gasteiger partial charge < -0.3 is 20.7 Å². The van der Waals surface area contributed by atoms with E-state index in [-0.39, 0.29) is 17.4 Å². The molecule has 152 valence electrons. The quantitative estimate of drug-likeness (QED) is 0.501. The van der Waals surface area contributed by atoms with E-state index in [4.69, 9.17) is 4.74 Å². The highest BCUT2D eigenvalue weighted by Gasteiger charge is 2.25. The summed E-state index contributed by atoms with van der Waals surface area (Å²) in [7, 11) is 0. The van der Waals surface area contributed by atoms with Crippen LogP contribution in [0.25, 0.3) is 0 Å². The molecule has 1 atom stereocenters.